The molecule has 2 amide bonds. The molecule has 1 fully saturated rings. The third-order valence-corrected chi connectivity index (χ3v) is 2.51. The predicted molar refractivity (Wildman–Crippen MR) is 55.6 cm³/mol. The average Bonchev–Trinajstić information content (AvgIpc) is 2.16. The SMILES string of the molecule is CC(CC(=O)O)NC(=O)C1CCC(=O)NC1. The maximum atomic E-state index is 11.6. The van der Waals surface area contributed by atoms with Gasteiger partial charge in [-0.2, -0.15) is 0 Å². The molecule has 3 N–H and O–H groups in total. The third kappa shape index (κ3) is 3.88. The maximum absolute atomic E-state index is 11.6. The first-order valence-corrected chi connectivity index (χ1v) is 5.28. The summed E-state index contributed by atoms with van der Waals surface area (Å²) in [5.41, 5.74) is 0. The summed E-state index contributed by atoms with van der Waals surface area (Å²) < 4.78 is 0. The number of piperidine rings is 1. The van der Waals surface area contributed by atoms with Crippen LogP contribution in [0.1, 0.15) is 26.2 Å². The van der Waals surface area contributed by atoms with Crippen LogP contribution in [0.15, 0.2) is 0 Å². The quantitative estimate of drug-likeness (QED) is 0.604. The summed E-state index contributed by atoms with van der Waals surface area (Å²) in [4.78, 5) is 32.9. The lowest BCUT2D eigenvalue weighted by atomic mass is 9.98. The van der Waals surface area contributed by atoms with Crippen LogP contribution < -0.4 is 10.6 Å². The van der Waals surface area contributed by atoms with E-state index in [1.807, 2.05) is 0 Å². The van der Waals surface area contributed by atoms with E-state index in [1.54, 1.807) is 6.92 Å². The van der Waals surface area contributed by atoms with Gasteiger partial charge >= 0.3 is 5.97 Å². The van der Waals surface area contributed by atoms with E-state index in [2.05, 4.69) is 10.6 Å². The molecule has 0 saturated carbocycles. The number of rotatable bonds is 4. The van der Waals surface area contributed by atoms with E-state index in [9.17, 15) is 14.4 Å². The van der Waals surface area contributed by atoms with Gasteiger partial charge in [0.05, 0.1) is 12.3 Å². The lowest BCUT2D eigenvalue weighted by Gasteiger charge is -2.23. The molecule has 16 heavy (non-hydrogen) atoms. The van der Waals surface area contributed by atoms with Gasteiger partial charge in [0.25, 0.3) is 0 Å². The Morgan fingerprint density at radius 1 is 1.62 bits per heavy atom. The van der Waals surface area contributed by atoms with E-state index in [1.165, 1.54) is 0 Å². The zero-order valence-corrected chi connectivity index (χ0v) is 9.16. The number of aliphatic carboxylic acids is 1. The summed E-state index contributed by atoms with van der Waals surface area (Å²) in [5, 5.41) is 13.8. The molecule has 90 valence electrons. The van der Waals surface area contributed by atoms with Gasteiger partial charge in [-0.1, -0.05) is 0 Å². The largest absolute Gasteiger partial charge is 0.481 e. The van der Waals surface area contributed by atoms with Gasteiger partial charge < -0.3 is 15.7 Å². The predicted octanol–water partition coefficient (Wildman–Crippen LogP) is -0.508. The second-order valence-electron chi connectivity index (χ2n) is 4.05. The van der Waals surface area contributed by atoms with E-state index in [-0.39, 0.29) is 30.2 Å². The monoisotopic (exact) mass is 228 g/mol. The van der Waals surface area contributed by atoms with Crippen molar-refractivity contribution in [3.05, 3.63) is 0 Å². The molecule has 0 bridgehead atoms. The van der Waals surface area contributed by atoms with Gasteiger partial charge in [0, 0.05) is 19.0 Å². The molecule has 0 aromatic rings. The van der Waals surface area contributed by atoms with Gasteiger partial charge in [0.2, 0.25) is 11.8 Å². The first-order valence-electron chi connectivity index (χ1n) is 5.28. The molecule has 1 aliphatic heterocycles. The highest BCUT2D eigenvalue weighted by Gasteiger charge is 2.25. The number of hydrogen-bond acceptors (Lipinski definition) is 3. The van der Waals surface area contributed by atoms with Crippen molar-refractivity contribution in [2.75, 3.05) is 6.54 Å². The Hall–Kier alpha value is -1.59. The smallest absolute Gasteiger partial charge is 0.305 e. The van der Waals surface area contributed by atoms with Crippen LogP contribution in [0, 0.1) is 5.92 Å². The minimum absolute atomic E-state index is 0.0392. The van der Waals surface area contributed by atoms with E-state index >= 15 is 0 Å². The van der Waals surface area contributed by atoms with Crippen LogP contribution >= 0.6 is 0 Å². The molecular weight excluding hydrogens is 212 g/mol. The van der Waals surface area contributed by atoms with E-state index in [4.69, 9.17) is 5.11 Å². The van der Waals surface area contributed by atoms with Crippen molar-refractivity contribution in [1.29, 1.82) is 0 Å². The Bertz CT molecular complexity index is 293. The molecule has 2 atom stereocenters. The average molecular weight is 228 g/mol. The number of carboxylic acids is 1. The standard InChI is InChI=1S/C10H16N2O4/c1-6(4-9(14)15)12-10(16)7-2-3-8(13)11-5-7/h6-7H,2-5H2,1H3,(H,11,13)(H,12,16)(H,14,15). The fourth-order valence-corrected chi connectivity index (χ4v) is 1.63. The van der Waals surface area contributed by atoms with Crippen molar-refractivity contribution in [1.82, 2.24) is 10.6 Å². The molecule has 1 saturated heterocycles. The van der Waals surface area contributed by atoms with Crippen LogP contribution in [-0.4, -0.2) is 35.5 Å². The molecule has 0 aromatic carbocycles. The Kier molecular flexibility index (Phi) is 4.28. The molecule has 1 aliphatic rings. The molecule has 1 heterocycles. The number of carboxylic acid groups (broad SMARTS) is 1. The number of amides is 2. The number of nitrogens with one attached hydrogen (secondary N) is 2. The number of hydrogen-bond donors (Lipinski definition) is 3. The fraction of sp³-hybridized carbons (Fsp3) is 0.700. The molecule has 2 unspecified atom stereocenters. The molecular formula is C10H16N2O4. The Morgan fingerprint density at radius 3 is 2.81 bits per heavy atom. The van der Waals surface area contributed by atoms with E-state index in [0.717, 1.165) is 0 Å². The molecule has 1 rings (SSSR count). The lowest BCUT2D eigenvalue weighted by Crippen LogP contribution is -2.45. The van der Waals surface area contributed by atoms with Gasteiger partial charge in [0.15, 0.2) is 0 Å². The molecule has 0 radical (unpaired) electrons. The minimum atomic E-state index is -0.940. The molecule has 6 heteroatoms. The van der Waals surface area contributed by atoms with Crippen LogP contribution in [0.3, 0.4) is 0 Å². The van der Waals surface area contributed by atoms with Crippen LogP contribution in [0.5, 0.6) is 0 Å². The van der Waals surface area contributed by atoms with E-state index < -0.39 is 5.97 Å². The zero-order valence-electron chi connectivity index (χ0n) is 9.16. The van der Waals surface area contributed by atoms with Crippen LogP contribution in [0.2, 0.25) is 0 Å². The van der Waals surface area contributed by atoms with Crippen molar-refractivity contribution in [2.45, 2.75) is 32.2 Å². The van der Waals surface area contributed by atoms with Crippen LogP contribution in [0.4, 0.5) is 0 Å². The van der Waals surface area contributed by atoms with Crippen LogP contribution in [-0.2, 0) is 14.4 Å². The van der Waals surface area contributed by atoms with Gasteiger partial charge in [-0.15, -0.1) is 0 Å². The number of carbonyl (C=O) groups is 3. The number of carbonyl (C=O) groups excluding carboxylic acids is 2. The van der Waals surface area contributed by atoms with Crippen molar-refractivity contribution in [3.63, 3.8) is 0 Å². The summed E-state index contributed by atoms with van der Waals surface area (Å²) in [6, 6.07) is -0.386. The highest BCUT2D eigenvalue weighted by atomic mass is 16.4. The summed E-state index contributed by atoms with van der Waals surface area (Å²) in [5.74, 6) is -1.41. The highest BCUT2D eigenvalue weighted by Crippen LogP contribution is 2.11. The second-order valence-corrected chi connectivity index (χ2v) is 4.05. The van der Waals surface area contributed by atoms with Gasteiger partial charge in [-0.05, 0) is 13.3 Å². The van der Waals surface area contributed by atoms with Gasteiger partial charge in [-0.25, -0.2) is 0 Å². The van der Waals surface area contributed by atoms with Crippen molar-refractivity contribution in [2.24, 2.45) is 5.92 Å². The highest BCUT2D eigenvalue weighted by molar-refractivity contribution is 5.84. The zero-order chi connectivity index (χ0) is 12.1. The van der Waals surface area contributed by atoms with E-state index in [0.29, 0.717) is 19.4 Å². The summed E-state index contributed by atoms with van der Waals surface area (Å²) >= 11 is 0. The summed E-state index contributed by atoms with van der Waals surface area (Å²) in [6.45, 7) is 1.98. The lowest BCUT2D eigenvalue weighted by molar-refractivity contribution is -0.137. The Balaban J connectivity index is 2.34. The third-order valence-electron chi connectivity index (χ3n) is 2.51. The summed E-state index contributed by atoms with van der Waals surface area (Å²) in [7, 11) is 0. The second kappa shape index (κ2) is 5.48. The molecule has 0 aromatic heterocycles. The molecule has 0 spiro atoms. The fourth-order valence-electron chi connectivity index (χ4n) is 1.63. The normalized spacial score (nSPS) is 22.1. The van der Waals surface area contributed by atoms with Crippen molar-refractivity contribution in [3.8, 4) is 0 Å². The van der Waals surface area contributed by atoms with Gasteiger partial charge in [-0.3, -0.25) is 14.4 Å². The molecule has 6 nitrogen and oxygen atoms in total. The van der Waals surface area contributed by atoms with Crippen molar-refractivity contribution < 1.29 is 19.5 Å². The Morgan fingerprint density at radius 2 is 2.31 bits per heavy atom. The van der Waals surface area contributed by atoms with Crippen LogP contribution in [0.25, 0.3) is 0 Å². The molecule has 0 aliphatic carbocycles. The first kappa shape index (κ1) is 12.5. The minimum Gasteiger partial charge on any atom is -0.481 e. The van der Waals surface area contributed by atoms with Crippen molar-refractivity contribution >= 4 is 17.8 Å². The summed E-state index contributed by atoms with van der Waals surface area (Å²) in [6.07, 6.45) is 0.785. The first-order chi connectivity index (χ1) is 7.49. The van der Waals surface area contributed by atoms with Gasteiger partial charge in [0.1, 0.15) is 0 Å². The maximum Gasteiger partial charge on any atom is 0.305 e. The Labute approximate surface area is 93.4 Å². The topological polar surface area (TPSA) is 95.5 Å².